The summed E-state index contributed by atoms with van der Waals surface area (Å²) in [6.45, 7) is 3.97. The molecule has 0 spiro atoms. The average molecular weight is 878 g/mol. The summed E-state index contributed by atoms with van der Waals surface area (Å²) in [7, 11) is -0.902. The van der Waals surface area contributed by atoms with Crippen LogP contribution in [0.1, 0.15) is 17.5 Å². The third-order valence-electron chi connectivity index (χ3n) is 10.3. The lowest BCUT2D eigenvalue weighted by Gasteiger charge is -2.36. The number of nitrogens with zero attached hydrogens (tertiary/aromatic N) is 5. The zero-order valence-electron chi connectivity index (χ0n) is 33.0. The van der Waals surface area contributed by atoms with E-state index in [9.17, 15) is 21.6 Å². The number of anilines is 3. The largest absolute Gasteiger partial charge is 0.418 e. The van der Waals surface area contributed by atoms with Gasteiger partial charge in [0, 0.05) is 65.8 Å². The molecular formula is C44H44ClF4N7O2S2. The van der Waals surface area contributed by atoms with Crippen LogP contribution in [0, 0.1) is 5.82 Å². The van der Waals surface area contributed by atoms with Crippen molar-refractivity contribution in [2.75, 3.05) is 67.5 Å². The lowest BCUT2D eigenvalue weighted by molar-refractivity contribution is -0.137. The molecule has 1 aliphatic rings. The van der Waals surface area contributed by atoms with Crippen LogP contribution in [-0.4, -0.2) is 86.8 Å². The molecule has 0 saturated carbocycles. The van der Waals surface area contributed by atoms with Crippen molar-refractivity contribution in [2.45, 2.75) is 35.0 Å². The Labute approximate surface area is 356 Å². The highest BCUT2D eigenvalue weighted by atomic mass is 35.5. The van der Waals surface area contributed by atoms with E-state index in [-0.39, 0.29) is 28.5 Å². The monoisotopic (exact) mass is 877 g/mol. The summed E-state index contributed by atoms with van der Waals surface area (Å²) in [4.78, 5) is 14.9. The van der Waals surface area contributed by atoms with Crippen LogP contribution in [0.2, 0.25) is 5.02 Å². The smallest absolute Gasteiger partial charge is 0.381 e. The van der Waals surface area contributed by atoms with E-state index < -0.39 is 32.5 Å². The molecule has 7 rings (SSSR count). The van der Waals surface area contributed by atoms with Gasteiger partial charge in [-0.15, -0.1) is 11.8 Å². The van der Waals surface area contributed by atoms with Gasteiger partial charge in [0.2, 0.25) is 0 Å². The van der Waals surface area contributed by atoms with E-state index in [0.29, 0.717) is 61.7 Å². The summed E-state index contributed by atoms with van der Waals surface area (Å²) < 4.78 is 89.3. The molecule has 9 nitrogen and oxygen atoms in total. The van der Waals surface area contributed by atoms with Gasteiger partial charge in [-0.25, -0.2) is 22.8 Å². The standard InChI is InChI=1S/C44H44ClF4N7O2S2/c1-54(2)19-18-33(28-59-35-9-4-3-5-10-35)52-40-17-16-36(26-38(40)44(47,48)49)60(57,58)53-43-42-39(46)24-34(25-41(42)50-29-51-43)56-22-20-55(21-23-56)27-31-8-6-7-11-37(31)30-12-14-32(45)15-13-30/h3-17,24-26,29,33,52H,18-23,27-28H2,1-2H3,(H,50,51,53). The minimum atomic E-state index is -4.88. The maximum absolute atomic E-state index is 16.0. The van der Waals surface area contributed by atoms with E-state index >= 15 is 4.39 Å². The second-order valence-corrected chi connectivity index (χ2v) is 18.1. The van der Waals surface area contributed by atoms with Gasteiger partial charge in [-0.2, -0.15) is 13.2 Å². The number of fused-ring (bicyclic) bond motifs is 1. The van der Waals surface area contributed by atoms with E-state index in [0.717, 1.165) is 41.0 Å². The second-order valence-electron chi connectivity index (χ2n) is 14.8. The molecule has 1 atom stereocenters. The summed E-state index contributed by atoms with van der Waals surface area (Å²) in [6, 6.07) is 30.9. The van der Waals surface area contributed by atoms with Crippen molar-refractivity contribution in [1.29, 1.82) is 0 Å². The van der Waals surface area contributed by atoms with Crippen LogP contribution in [-0.2, 0) is 22.7 Å². The lowest BCUT2D eigenvalue weighted by Crippen LogP contribution is -2.46. The minimum absolute atomic E-state index is 0.143. The third-order valence-corrected chi connectivity index (χ3v) is 13.1. The SMILES string of the molecule is CN(C)CCC(CSc1ccccc1)Nc1ccc(S(=O)(=O)Nc2ncnc3cc(N4CCN(Cc5ccccc5-c5ccc(Cl)cc5)CC4)cc(F)c23)cc1C(F)(F)F. The first kappa shape index (κ1) is 43.2. The van der Waals surface area contributed by atoms with Crippen LogP contribution in [0.25, 0.3) is 22.0 Å². The van der Waals surface area contributed by atoms with Gasteiger partial charge in [0.25, 0.3) is 10.0 Å². The number of benzene rings is 5. The summed E-state index contributed by atoms with van der Waals surface area (Å²) >= 11 is 7.63. The van der Waals surface area contributed by atoms with Gasteiger partial charge >= 0.3 is 6.18 Å². The Morgan fingerprint density at radius 3 is 2.32 bits per heavy atom. The van der Waals surface area contributed by atoms with Crippen LogP contribution >= 0.6 is 23.4 Å². The number of sulfonamides is 1. The number of halogens is 5. The maximum atomic E-state index is 16.0. The Bertz CT molecular complexity index is 2520. The molecule has 0 radical (unpaired) electrons. The molecule has 1 aliphatic heterocycles. The van der Waals surface area contributed by atoms with E-state index in [2.05, 4.69) is 37.0 Å². The molecule has 0 amide bonds. The molecule has 1 saturated heterocycles. The Morgan fingerprint density at radius 2 is 1.60 bits per heavy atom. The van der Waals surface area contributed by atoms with Crippen LogP contribution in [0.4, 0.5) is 34.8 Å². The van der Waals surface area contributed by atoms with Gasteiger partial charge in [0.1, 0.15) is 12.1 Å². The van der Waals surface area contributed by atoms with Crippen LogP contribution in [0.15, 0.2) is 125 Å². The molecule has 1 aromatic heterocycles. The van der Waals surface area contributed by atoms with E-state index in [4.69, 9.17) is 11.6 Å². The van der Waals surface area contributed by atoms with Gasteiger partial charge in [-0.05, 0) is 98.3 Å². The number of rotatable bonds is 15. The molecule has 16 heteroatoms. The topological polar surface area (TPSA) is 93.7 Å². The fraction of sp³-hybridized carbons (Fsp3) is 0.273. The molecule has 1 unspecified atom stereocenters. The number of piperazine rings is 1. The molecule has 60 heavy (non-hydrogen) atoms. The molecular weight excluding hydrogens is 834 g/mol. The van der Waals surface area contributed by atoms with Gasteiger partial charge in [0.05, 0.1) is 21.4 Å². The van der Waals surface area contributed by atoms with Crippen molar-refractivity contribution >= 4 is 61.5 Å². The van der Waals surface area contributed by atoms with Crippen molar-refractivity contribution in [3.05, 3.63) is 137 Å². The minimum Gasteiger partial charge on any atom is -0.381 e. The second kappa shape index (κ2) is 18.8. The Balaban J connectivity index is 1.06. The van der Waals surface area contributed by atoms with Crippen molar-refractivity contribution in [3.8, 4) is 11.1 Å². The highest BCUT2D eigenvalue weighted by molar-refractivity contribution is 7.99. The predicted molar refractivity (Wildman–Crippen MR) is 234 cm³/mol. The summed E-state index contributed by atoms with van der Waals surface area (Å²) in [5.74, 6) is -0.680. The highest BCUT2D eigenvalue weighted by Crippen LogP contribution is 2.38. The first-order valence-corrected chi connectivity index (χ1v) is 22.2. The zero-order chi connectivity index (χ0) is 42.4. The normalized spacial score (nSPS) is 14.4. The third kappa shape index (κ3) is 10.7. The molecule has 2 N–H and O–H groups in total. The van der Waals surface area contributed by atoms with E-state index in [1.54, 1.807) is 6.07 Å². The molecule has 2 heterocycles. The predicted octanol–water partition coefficient (Wildman–Crippen LogP) is 9.76. The fourth-order valence-corrected chi connectivity index (χ4v) is 9.31. The summed E-state index contributed by atoms with van der Waals surface area (Å²) in [5, 5.41) is 3.51. The Hall–Kier alpha value is -4.93. The number of thioether (sulfide) groups is 1. The molecule has 6 aromatic rings. The van der Waals surface area contributed by atoms with E-state index in [1.807, 2.05) is 90.6 Å². The van der Waals surface area contributed by atoms with Gasteiger partial charge in [-0.1, -0.05) is 66.2 Å². The quantitative estimate of drug-likeness (QED) is 0.0773. The number of aromatic nitrogens is 2. The number of hydrogen-bond donors (Lipinski definition) is 2. The van der Waals surface area contributed by atoms with Crippen LogP contribution in [0.5, 0.6) is 0 Å². The van der Waals surface area contributed by atoms with Crippen molar-refractivity contribution in [1.82, 2.24) is 19.8 Å². The van der Waals surface area contributed by atoms with Crippen LogP contribution < -0.4 is 14.9 Å². The van der Waals surface area contributed by atoms with Crippen molar-refractivity contribution < 1.29 is 26.0 Å². The Kier molecular flexibility index (Phi) is 13.5. The average Bonchev–Trinajstić information content (AvgIpc) is 3.22. The number of nitrogens with one attached hydrogen (secondary N) is 2. The summed E-state index contributed by atoms with van der Waals surface area (Å²) in [6.07, 6.45) is -3.25. The van der Waals surface area contributed by atoms with E-state index in [1.165, 1.54) is 23.4 Å². The van der Waals surface area contributed by atoms with Crippen molar-refractivity contribution in [2.24, 2.45) is 0 Å². The maximum Gasteiger partial charge on any atom is 0.418 e. The molecule has 0 bridgehead atoms. The highest BCUT2D eigenvalue weighted by Gasteiger charge is 2.36. The molecule has 1 fully saturated rings. The first-order chi connectivity index (χ1) is 28.7. The Morgan fingerprint density at radius 1 is 0.883 bits per heavy atom. The van der Waals surface area contributed by atoms with Crippen LogP contribution in [0.3, 0.4) is 0 Å². The lowest BCUT2D eigenvalue weighted by atomic mass is 9.99. The molecule has 314 valence electrons. The van der Waals surface area contributed by atoms with Gasteiger partial charge < -0.3 is 15.1 Å². The van der Waals surface area contributed by atoms with Gasteiger partial charge in [0.15, 0.2) is 5.82 Å². The molecule has 5 aromatic carbocycles. The molecule has 0 aliphatic carbocycles. The van der Waals surface area contributed by atoms with Crippen molar-refractivity contribution in [3.63, 3.8) is 0 Å². The first-order valence-electron chi connectivity index (χ1n) is 19.3. The summed E-state index contributed by atoms with van der Waals surface area (Å²) in [5.41, 5.74) is 2.71. The number of hydrogen-bond acceptors (Lipinski definition) is 9. The van der Waals surface area contributed by atoms with Gasteiger partial charge in [-0.3, -0.25) is 9.62 Å². The zero-order valence-corrected chi connectivity index (χ0v) is 35.4. The number of alkyl halides is 3. The fourth-order valence-electron chi connectivity index (χ4n) is 7.14.